The van der Waals surface area contributed by atoms with Gasteiger partial charge in [0.25, 0.3) is 0 Å². The van der Waals surface area contributed by atoms with Gasteiger partial charge >= 0.3 is 0 Å². The van der Waals surface area contributed by atoms with Crippen molar-refractivity contribution in [2.24, 2.45) is 0 Å². The van der Waals surface area contributed by atoms with Crippen LogP contribution in [-0.4, -0.2) is 42.4 Å². The van der Waals surface area contributed by atoms with E-state index < -0.39 is 12.2 Å². The van der Waals surface area contributed by atoms with E-state index in [2.05, 4.69) is 10.6 Å². The van der Waals surface area contributed by atoms with E-state index in [4.69, 9.17) is 0 Å². The second kappa shape index (κ2) is 8.25. The molecule has 1 aliphatic rings. The number of nitrogens with one attached hydrogen (secondary N) is 2. The predicted molar refractivity (Wildman–Crippen MR) is 84.4 cm³/mol. The maximum atomic E-state index is 14.4. The number of carbonyl (C=O) groups excluding carboxylic acids is 1. The molecule has 0 spiro atoms. The van der Waals surface area contributed by atoms with Gasteiger partial charge in [0.15, 0.2) is 0 Å². The van der Waals surface area contributed by atoms with Crippen LogP contribution in [0.2, 0.25) is 0 Å². The van der Waals surface area contributed by atoms with Crippen LogP contribution in [-0.2, 0) is 4.79 Å². The standard InChI is InChI=1S/C17H25FN2O2/c1-2-16(22)20-15-10-19-14(17(15)18)9-8-13(11-21)12-6-4-3-5-7-12/h3-7,13-15,17,19,21H,2,8-11H2,1H3,(H,20,22)/t13?,14-,15-,17-/m0/s1. The lowest BCUT2D eigenvalue weighted by molar-refractivity contribution is -0.121. The van der Waals surface area contributed by atoms with Crippen molar-refractivity contribution >= 4 is 5.91 Å². The average Bonchev–Trinajstić information content (AvgIpc) is 2.89. The van der Waals surface area contributed by atoms with Gasteiger partial charge in [-0.2, -0.15) is 0 Å². The number of hydrogen-bond acceptors (Lipinski definition) is 3. The highest BCUT2D eigenvalue weighted by Crippen LogP contribution is 2.24. The lowest BCUT2D eigenvalue weighted by Gasteiger charge is -2.20. The van der Waals surface area contributed by atoms with Crippen molar-refractivity contribution in [1.29, 1.82) is 0 Å². The van der Waals surface area contributed by atoms with Crippen molar-refractivity contribution in [3.05, 3.63) is 35.9 Å². The zero-order valence-corrected chi connectivity index (χ0v) is 13.0. The fraction of sp³-hybridized carbons (Fsp3) is 0.588. The molecule has 1 heterocycles. The minimum absolute atomic E-state index is 0.0273. The minimum atomic E-state index is -1.08. The summed E-state index contributed by atoms with van der Waals surface area (Å²) in [7, 11) is 0. The summed E-state index contributed by atoms with van der Waals surface area (Å²) in [5, 5.41) is 15.4. The third-order valence-corrected chi connectivity index (χ3v) is 4.35. The van der Waals surface area contributed by atoms with Crippen molar-refractivity contribution in [3.8, 4) is 0 Å². The molecule has 22 heavy (non-hydrogen) atoms. The van der Waals surface area contributed by atoms with Gasteiger partial charge in [-0.15, -0.1) is 0 Å². The average molecular weight is 308 g/mol. The molecular formula is C17H25FN2O2. The van der Waals surface area contributed by atoms with Gasteiger partial charge in [0.1, 0.15) is 6.17 Å². The molecule has 3 N–H and O–H groups in total. The first kappa shape index (κ1) is 16.9. The quantitative estimate of drug-likeness (QED) is 0.719. The smallest absolute Gasteiger partial charge is 0.220 e. The number of aliphatic hydroxyl groups excluding tert-OH is 1. The zero-order chi connectivity index (χ0) is 15.9. The second-order valence-corrected chi connectivity index (χ2v) is 5.85. The van der Waals surface area contributed by atoms with Crippen LogP contribution >= 0.6 is 0 Å². The molecule has 1 amide bonds. The van der Waals surface area contributed by atoms with E-state index in [0.717, 1.165) is 5.56 Å². The first-order valence-corrected chi connectivity index (χ1v) is 7.98. The Hall–Kier alpha value is -1.46. The first-order valence-electron chi connectivity index (χ1n) is 7.98. The molecule has 0 saturated carbocycles. The lowest BCUT2D eigenvalue weighted by atomic mass is 9.92. The topological polar surface area (TPSA) is 61.4 Å². The molecular weight excluding hydrogens is 283 g/mol. The number of hydrogen-bond donors (Lipinski definition) is 3. The fourth-order valence-electron chi connectivity index (χ4n) is 2.95. The molecule has 1 unspecified atom stereocenters. The summed E-state index contributed by atoms with van der Waals surface area (Å²) >= 11 is 0. The van der Waals surface area contributed by atoms with Gasteiger partial charge in [0.05, 0.1) is 6.04 Å². The summed E-state index contributed by atoms with van der Waals surface area (Å²) in [6, 6.07) is 9.09. The summed E-state index contributed by atoms with van der Waals surface area (Å²) in [6.45, 7) is 2.28. The monoisotopic (exact) mass is 308 g/mol. The van der Waals surface area contributed by atoms with E-state index in [9.17, 15) is 14.3 Å². The molecule has 0 radical (unpaired) electrons. The van der Waals surface area contributed by atoms with E-state index in [1.807, 2.05) is 30.3 Å². The number of rotatable bonds is 7. The molecule has 1 aromatic carbocycles. The largest absolute Gasteiger partial charge is 0.396 e. The molecule has 1 aliphatic heterocycles. The number of aliphatic hydroxyl groups is 1. The molecule has 4 atom stereocenters. The number of alkyl halides is 1. The van der Waals surface area contributed by atoms with Crippen molar-refractivity contribution in [2.45, 2.75) is 50.4 Å². The van der Waals surface area contributed by atoms with E-state index in [-0.39, 0.29) is 24.5 Å². The Labute approximate surface area is 131 Å². The molecule has 5 heteroatoms. The van der Waals surface area contributed by atoms with Crippen molar-refractivity contribution < 1.29 is 14.3 Å². The van der Waals surface area contributed by atoms with Gasteiger partial charge in [-0.25, -0.2) is 4.39 Å². The number of benzene rings is 1. The van der Waals surface area contributed by atoms with Gasteiger partial charge in [0, 0.05) is 31.5 Å². The zero-order valence-electron chi connectivity index (χ0n) is 13.0. The Balaban J connectivity index is 1.85. The normalized spacial score (nSPS) is 25.9. The summed E-state index contributed by atoms with van der Waals surface area (Å²) in [4.78, 5) is 11.4. The highest BCUT2D eigenvalue weighted by Gasteiger charge is 2.36. The van der Waals surface area contributed by atoms with E-state index in [0.29, 0.717) is 25.8 Å². The Kier molecular flexibility index (Phi) is 6.34. The van der Waals surface area contributed by atoms with Crippen LogP contribution in [0.4, 0.5) is 4.39 Å². The van der Waals surface area contributed by atoms with Crippen LogP contribution in [0.1, 0.15) is 37.7 Å². The van der Waals surface area contributed by atoms with Gasteiger partial charge in [0.2, 0.25) is 5.91 Å². The van der Waals surface area contributed by atoms with Crippen LogP contribution in [0.3, 0.4) is 0 Å². The molecule has 1 aromatic rings. The van der Waals surface area contributed by atoms with Crippen molar-refractivity contribution in [3.63, 3.8) is 0 Å². The van der Waals surface area contributed by atoms with Crippen molar-refractivity contribution in [1.82, 2.24) is 10.6 Å². The van der Waals surface area contributed by atoms with Gasteiger partial charge in [-0.1, -0.05) is 37.3 Å². The highest BCUT2D eigenvalue weighted by molar-refractivity contribution is 5.76. The Bertz CT molecular complexity index is 469. The fourth-order valence-corrected chi connectivity index (χ4v) is 2.95. The predicted octanol–water partition coefficient (Wildman–Crippen LogP) is 1.75. The number of amides is 1. The molecule has 4 nitrogen and oxygen atoms in total. The first-order chi connectivity index (χ1) is 10.7. The SMILES string of the molecule is CCC(=O)N[C@H]1CN[C@@H](CCC(CO)c2ccccc2)[C@@H]1F. The van der Waals surface area contributed by atoms with Crippen LogP contribution in [0, 0.1) is 0 Å². The summed E-state index contributed by atoms with van der Waals surface area (Å²) in [6.07, 6.45) is 0.645. The lowest BCUT2D eigenvalue weighted by Crippen LogP contribution is -2.42. The third kappa shape index (κ3) is 4.27. The van der Waals surface area contributed by atoms with Crippen molar-refractivity contribution in [2.75, 3.05) is 13.2 Å². The minimum Gasteiger partial charge on any atom is -0.396 e. The molecule has 1 saturated heterocycles. The van der Waals surface area contributed by atoms with Crippen LogP contribution < -0.4 is 10.6 Å². The number of carbonyl (C=O) groups is 1. The van der Waals surface area contributed by atoms with E-state index in [1.165, 1.54) is 0 Å². The summed E-state index contributed by atoms with van der Waals surface area (Å²) < 4.78 is 14.4. The van der Waals surface area contributed by atoms with Gasteiger partial charge in [-0.3, -0.25) is 4.79 Å². The van der Waals surface area contributed by atoms with E-state index in [1.54, 1.807) is 6.92 Å². The molecule has 0 bridgehead atoms. The summed E-state index contributed by atoms with van der Waals surface area (Å²) in [5.41, 5.74) is 1.08. The molecule has 0 aliphatic carbocycles. The molecule has 0 aromatic heterocycles. The van der Waals surface area contributed by atoms with Crippen LogP contribution in [0.25, 0.3) is 0 Å². The highest BCUT2D eigenvalue weighted by atomic mass is 19.1. The third-order valence-electron chi connectivity index (χ3n) is 4.35. The Morgan fingerprint density at radius 1 is 1.45 bits per heavy atom. The van der Waals surface area contributed by atoms with Crippen LogP contribution in [0.5, 0.6) is 0 Å². The second-order valence-electron chi connectivity index (χ2n) is 5.85. The molecule has 122 valence electrons. The maximum Gasteiger partial charge on any atom is 0.220 e. The molecule has 1 fully saturated rings. The summed E-state index contributed by atoms with van der Waals surface area (Å²) in [5.74, 6) is -0.0906. The number of halogens is 1. The van der Waals surface area contributed by atoms with Crippen LogP contribution in [0.15, 0.2) is 30.3 Å². The van der Waals surface area contributed by atoms with Gasteiger partial charge < -0.3 is 15.7 Å². The Morgan fingerprint density at radius 3 is 2.82 bits per heavy atom. The van der Waals surface area contributed by atoms with E-state index >= 15 is 0 Å². The van der Waals surface area contributed by atoms with Gasteiger partial charge in [-0.05, 0) is 18.4 Å². The molecule has 2 rings (SSSR count). The Morgan fingerprint density at radius 2 is 2.18 bits per heavy atom. The maximum absolute atomic E-state index is 14.4.